The Morgan fingerprint density at radius 1 is 1.12 bits per heavy atom. The average molecular weight is 600 g/mol. The van der Waals surface area contributed by atoms with E-state index in [1.807, 2.05) is 20.8 Å². The number of carbonyl (C=O) groups is 1. The molecule has 4 rings (SSSR count). The minimum atomic E-state index is -0.510. The van der Waals surface area contributed by atoms with Crippen molar-refractivity contribution >= 4 is 11.7 Å². The number of benzene rings is 1. The standard InChI is InChI=1S/C32H50FN7O3/c1-8-37(9-2)17-25(41)16-27(22(4)5)39-19-32(20-39)13-14-38(18-32)29-30(36-35-21-34-29)43-28-12-11-24(33)15-26(28)31(42)40(10-3)23(6)7/h11-12,15,21-23,25,27,41H,8-10,13-14,16-20H2,1-7H3/t25-,27+/m0/s1. The fourth-order valence-electron chi connectivity index (χ4n) is 6.70. The van der Waals surface area contributed by atoms with Crippen LogP contribution in [0.2, 0.25) is 0 Å². The lowest BCUT2D eigenvalue weighted by Gasteiger charge is -2.53. The van der Waals surface area contributed by atoms with E-state index in [2.05, 4.69) is 57.6 Å². The van der Waals surface area contributed by atoms with Gasteiger partial charge in [-0.1, -0.05) is 27.7 Å². The molecule has 2 aliphatic heterocycles. The largest absolute Gasteiger partial charge is 0.434 e. The number of likely N-dealkylation sites (tertiary alicyclic amines) is 1. The molecule has 1 spiro atoms. The SMILES string of the molecule is CCN(CC)C[C@@H](O)C[C@H](C(C)C)N1CC2(CCN(c3ncnnc3Oc3ccc(F)cc3C(=O)N(CC)C(C)C)C2)C1. The van der Waals surface area contributed by atoms with Crippen LogP contribution in [0.25, 0.3) is 0 Å². The van der Waals surface area contributed by atoms with Crippen LogP contribution in [0.5, 0.6) is 11.6 Å². The van der Waals surface area contributed by atoms with Gasteiger partial charge in [0, 0.05) is 56.8 Å². The Hall–Kier alpha value is -2.89. The van der Waals surface area contributed by atoms with E-state index in [1.54, 1.807) is 4.90 Å². The number of hydrogen-bond donors (Lipinski definition) is 1. The predicted octanol–water partition coefficient (Wildman–Crippen LogP) is 4.30. The van der Waals surface area contributed by atoms with Gasteiger partial charge in [0.15, 0.2) is 5.82 Å². The zero-order chi connectivity index (χ0) is 31.3. The number of carbonyl (C=O) groups excluding carboxylic acids is 1. The molecule has 1 N–H and O–H groups in total. The van der Waals surface area contributed by atoms with Crippen LogP contribution < -0.4 is 9.64 Å². The molecule has 10 nitrogen and oxygen atoms in total. The predicted molar refractivity (Wildman–Crippen MR) is 166 cm³/mol. The molecule has 3 heterocycles. The second-order valence-electron chi connectivity index (χ2n) is 12.8. The first kappa shape index (κ1) is 33.0. The summed E-state index contributed by atoms with van der Waals surface area (Å²) in [5.41, 5.74) is 0.275. The van der Waals surface area contributed by atoms with E-state index in [-0.39, 0.29) is 40.7 Å². The van der Waals surface area contributed by atoms with Crippen molar-refractivity contribution in [2.75, 3.05) is 57.3 Å². The lowest BCUT2D eigenvalue weighted by molar-refractivity contribution is -0.0485. The van der Waals surface area contributed by atoms with Crippen LogP contribution in [-0.4, -0.2) is 111 Å². The summed E-state index contributed by atoms with van der Waals surface area (Å²) in [6, 6.07) is 4.23. The maximum Gasteiger partial charge on any atom is 0.282 e. The quantitative estimate of drug-likeness (QED) is 0.341. The number of nitrogens with zero attached hydrogens (tertiary/aromatic N) is 7. The van der Waals surface area contributed by atoms with Crippen LogP contribution in [0.4, 0.5) is 10.2 Å². The van der Waals surface area contributed by atoms with Gasteiger partial charge in [-0.25, -0.2) is 9.37 Å². The molecule has 238 valence electrons. The molecular formula is C32H50FN7O3. The summed E-state index contributed by atoms with van der Waals surface area (Å²) in [5, 5.41) is 19.0. The Bertz CT molecular complexity index is 1220. The molecule has 2 saturated heterocycles. The zero-order valence-corrected chi connectivity index (χ0v) is 27.0. The molecule has 2 atom stereocenters. The molecule has 43 heavy (non-hydrogen) atoms. The number of ether oxygens (including phenoxy) is 1. The Labute approximate surface area is 256 Å². The molecule has 0 aliphatic carbocycles. The van der Waals surface area contributed by atoms with E-state index in [1.165, 1.54) is 24.5 Å². The van der Waals surface area contributed by atoms with Crippen molar-refractivity contribution < 1.29 is 19.0 Å². The van der Waals surface area contributed by atoms with Gasteiger partial charge >= 0.3 is 0 Å². The van der Waals surface area contributed by atoms with Crippen molar-refractivity contribution in [3.8, 4) is 11.6 Å². The molecule has 0 unspecified atom stereocenters. The van der Waals surface area contributed by atoms with Gasteiger partial charge in [0.05, 0.1) is 11.7 Å². The Morgan fingerprint density at radius 3 is 2.47 bits per heavy atom. The third kappa shape index (κ3) is 7.61. The van der Waals surface area contributed by atoms with Gasteiger partial charge < -0.3 is 24.5 Å². The van der Waals surface area contributed by atoms with Crippen LogP contribution in [0.3, 0.4) is 0 Å². The van der Waals surface area contributed by atoms with Crippen molar-refractivity contribution in [3.05, 3.63) is 35.9 Å². The van der Waals surface area contributed by atoms with Gasteiger partial charge in [-0.05, 0) is 70.8 Å². The van der Waals surface area contributed by atoms with E-state index in [9.17, 15) is 14.3 Å². The van der Waals surface area contributed by atoms with E-state index in [0.29, 0.717) is 30.9 Å². The number of rotatable bonds is 14. The molecule has 0 radical (unpaired) electrons. The average Bonchev–Trinajstić information content (AvgIpc) is 3.41. The summed E-state index contributed by atoms with van der Waals surface area (Å²) < 4.78 is 20.4. The number of likely N-dealkylation sites (N-methyl/N-ethyl adjacent to an activating group) is 1. The molecule has 11 heteroatoms. The number of aromatic nitrogens is 3. The summed E-state index contributed by atoms with van der Waals surface area (Å²) in [6.45, 7) is 21.1. The number of anilines is 1. The fraction of sp³-hybridized carbons (Fsp3) is 0.688. The molecule has 1 aromatic heterocycles. The summed E-state index contributed by atoms with van der Waals surface area (Å²) >= 11 is 0. The molecule has 2 aromatic rings. The summed E-state index contributed by atoms with van der Waals surface area (Å²) in [7, 11) is 0. The van der Waals surface area contributed by atoms with Crippen LogP contribution in [0.1, 0.15) is 71.7 Å². The third-order valence-electron chi connectivity index (χ3n) is 9.11. The lowest BCUT2D eigenvalue weighted by atomic mass is 9.76. The first-order valence-electron chi connectivity index (χ1n) is 15.9. The molecule has 1 amide bonds. The number of halogens is 1. The van der Waals surface area contributed by atoms with Crippen molar-refractivity contribution in [1.82, 2.24) is 29.9 Å². The van der Waals surface area contributed by atoms with Gasteiger partial charge in [0.25, 0.3) is 11.8 Å². The normalized spacial score (nSPS) is 18.0. The first-order chi connectivity index (χ1) is 20.5. The zero-order valence-electron chi connectivity index (χ0n) is 27.0. The molecule has 1 aromatic carbocycles. The van der Waals surface area contributed by atoms with Gasteiger partial charge in [0.1, 0.15) is 17.9 Å². The third-order valence-corrected chi connectivity index (χ3v) is 9.11. The fourth-order valence-corrected chi connectivity index (χ4v) is 6.70. The van der Waals surface area contributed by atoms with Crippen LogP contribution in [-0.2, 0) is 0 Å². The minimum Gasteiger partial charge on any atom is -0.434 e. The Kier molecular flexibility index (Phi) is 10.9. The highest BCUT2D eigenvalue weighted by Gasteiger charge is 2.50. The Morgan fingerprint density at radius 2 is 1.84 bits per heavy atom. The van der Waals surface area contributed by atoms with E-state index in [4.69, 9.17) is 4.74 Å². The first-order valence-corrected chi connectivity index (χ1v) is 15.9. The highest BCUT2D eigenvalue weighted by Crippen LogP contribution is 2.44. The van der Waals surface area contributed by atoms with Crippen molar-refractivity contribution in [3.63, 3.8) is 0 Å². The summed E-state index contributed by atoms with van der Waals surface area (Å²) in [5.74, 6) is 0.620. The highest BCUT2D eigenvalue weighted by molar-refractivity contribution is 5.97. The van der Waals surface area contributed by atoms with Crippen LogP contribution >= 0.6 is 0 Å². The topological polar surface area (TPSA) is 98.2 Å². The lowest BCUT2D eigenvalue weighted by Crippen LogP contribution is -2.62. The second-order valence-corrected chi connectivity index (χ2v) is 12.8. The Balaban J connectivity index is 1.45. The number of aliphatic hydroxyl groups excluding tert-OH is 1. The van der Waals surface area contributed by atoms with Gasteiger partial charge in [0.2, 0.25) is 0 Å². The van der Waals surface area contributed by atoms with Crippen molar-refractivity contribution in [2.24, 2.45) is 11.3 Å². The van der Waals surface area contributed by atoms with Crippen molar-refractivity contribution in [2.45, 2.75) is 79.5 Å². The summed E-state index contributed by atoms with van der Waals surface area (Å²) in [4.78, 5) is 26.5. The number of amides is 1. The van der Waals surface area contributed by atoms with E-state index < -0.39 is 5.82 Å². The molecular weight excluding hydrogens is 549 g/mol. The maximum absolute atomic E-state index is 14.3. The van der Waals surface area contributed by atoms with Crippen molar-refractivity contribution in [1.29, 1.82) is 0 Å². The van der Waals surface area contributed by atoms with Crippen LogP contribution in [0, 0.1) is 17.2 Å². The monoisotopic (exact) mass is 599 g/mol. The van der Waals surface area contributed by atoms with Gasteiger partial charge in [-0.3, -0.25) is 9.69 Å². The molecule has 2 fully saturated rings. The maximum atomic E-state index is 14.3. The van der Waals surface area contributed by atoms with E-state index >= 15 is 0 Å². The number of hydrogen-bond acceptors (Lipinski definition) is 9. The van der Waals surface area contributed by atoms with Gasteiger partial charge in [-0.15, -0.1) is 10.2 Å². The van der Waals surface area contributed by atoms with E-state index in [0.717, 1.165) is 52.1 Å². The molecule has 2 aliphatic rings. The smallest absolute Gasteiger partial charge is 0.282 e. The van der Waals surface area contributed by atoms with Crippen LogP contribution in [0.15, 0.2) is 24.5 Å². The highest BCUT2D eigenvalue weighted by atomic mass is 19.1. The molecule has 0 bridgehead atoms. The minimum absolute atomic E-state index is 0.0499. The summed E-state index contributed by atoms with van der Waals surface area (Å²) in [6.07, 6.45) is 2.84. The second kappa shape index (κ2) is 14.3. The van der Waals surface area contributed by atoms with Gasteiger partial charge in [-0.2, -0.15) is 0 Å². The molecule has 0 saturated carbocycles. The number of aliphatic hydroxyl groups is 1.